The highest BCUT2D eigenvalue weighted by Crippen LogP contribution is 2.39. The normalized spacial score (nSPS) is 11.0. The third kappa shape index (κ3) is 3.54. The molecule has 0 fully saturated rings. The monoisotopic (exact) mass is 333 g/mol. The molecule has 0 spiro atoms. The van der Waals surface area contributed by atoms with Crippen LogP contribution in [0.1, 0.15) is 11.1 Å². The van der Waals surface area contributed by atoms with Crippen LogP contribution in [0.4, 0.5) is 13.2 Å². The predicted molar refractivity (Wildman–Crippen MR) is 68.3 cm³/mol. The van der Waals surface area contributed by atoms with E-state index in [-0.39, 0.29) is 21.6 Å². The van der Waals surface area contributed by atoms with Crippen molar-refractivity contribution in [2.24, 2.45) is 0 Å². The molecular weight excluding hydrogens is 330 g/mol. The minimum Gasteiger partial charge on any atom is -0.453 e. The van der Waals surface area contributed by atoms with Gasteiger partial charge in [0.1, 0.15) is 5.75 Å². The Balaban J connectivity index is 2.49. The van der Waals surface area contributed by atoms with Crippen molar-refractivity contribution >= 4 is 23.2 Å². The molecule has 0 bridgehead atoms. The zero-order chi connectivity index (χ0) is 15.6. The maximum Gasteiger partial charge on any atom is 0.420 e. The number of hydrogen-bond donors (Lipinski definition) is 0. The summed E-state index contributed by atoms with van der Waals surface area (Å²) in [5, 5.41) is 15.2. The van der Waals surface area contributed by atoms with E-state index >= 15 is 0 Å². The largest absolute Gasteiger partial charge is 0.453 e. The van der Waals surface area contributed by atoms with E-state index in [1.807, 2.05) is 0 Å². The molecule has 0 saturated heterocycles. The van der Waals surface area contributed by atoms with Gasteiger partial charge < -0.3 is 4.74 Å². The lowest BCUT2D eigenvalue weighted by atomic mass is 10.1. The SMILES string of the molecule is N#Cc1ccc(Oc2cc(Cl)nnc2Cl)c(C(F)(F)F)c1. The first-order chi connectivity index (χ1) is 9.81. The lowest BCUT2D eigenvalue weighted by Crippen LogP contribution is -2.08. The van der Waals surface area contributed by atoms with Gasteiger partial charge in [-0.1, -0.05) is 23.2 Å². The van der Waals surface area contributed by atoms with Crippen LogP contribution >= 0.6 is 23.2 Å². The van der Waals surface area contributed by atoms with Gasteiger partial charge in [-0.25, -0.2) is 0 Å². The van der Waals surface area contributed by atoms with Gasteiger partial charge in [-0.15, -0.1) is 10.2 Å². The first kappa shape index (κ1) is 15.4. The Hall–Kier alpha value is -2.04. The highest BCUT2D eigenvalue weighted by Gasteiger charge is 2.35. The number of halogens is 5. The zero-order valence-corrected chi connectivity index (χ0v) is 11.5. The van der Waals surface area contributed by atoms with Crippen LogP contribution in [0, 0.1) is 11.3 Å². The Morgan fingerprint density at radius 3 is 2.43 bits per heavy atom. The summed E-state index contributed by atoms with van der Waals surface area (Å²) in [7, 11) is 0. The number of nitrogens with zero attached hydrogens (tertiary/aromatic N) is 3. The number of benzene rings is 1. The lowest BCUT2D eigenvalue weighted by Gasteiger charge is -2.14. The molecule has 1 heterocycles. The van der Waals surface area contributed by atoms with Crippen LogP contribution in [0.2, 0.25) is 10.3 Å². The minimum atomic E-state index is -4.70. The fourth-order valence-electron chi connectivity index (χ4n) is 1.44. The average molecular weight is 334 g/mol. The van der Waals surface area contributed by atoms with E-state index in [1.54, 1.807) is 6.07 Å². The summed E-state index contributed by atoms with van der Waals surface area (Å²) >= 11 is 11.3. The summed E-state index contributed by atoms with van der Waals surface area (Å²) in [4.78, 5) is 0. The van der Waals surface area contributed by atoms with E-state index < -0.39 is 17.5 Å². The van der Waals surface area contributed by atoms with Crippen molar-refractivity contribution in [3.63, 3.8) is 0 Å². The quantitative estimate of drug-likeness (QED) is 0.813. The van der Waals surface area contributed by atoms with Crippen molar-refractivity contribution < 1.29 is 17.9 Å². The van der Waals surface area contributed by atoms with Crippen molar-refractivity contribution in [2.45, 2.75) is 6.18 Å². The Morgan fingerprint density at radius 1 is 1.10 bits per heavy atom. The van der Waals surface area contributed by atoms with Crippen LogP contribution in [-0.2, 0) is 6.18 Å². The molecule has 21 heavy (non-hydrogen) atoms. The number of ether oxygens (including phenoxy) is 1. The smallest absolute Gasteiger partial charge is 0.420 e. The van der Waals surface area contributed by atoms with E-state index in [1.165, 1.54) is 6.07 Å². The highest BCUT2D eigenvalue weighted by atomic mass is 35.5. The summed E-state index contributed by atoms with van der Waals surface area (Å²) in [5.41, 5.74) is -1.25. The Bertz CT molecular complexity index is 729. The highest BCUT2D eigenvalue weighted by molar-refractivity contribution is 6.32. The molecule has 9 heteroatoms. The summed E-state index contributed by atoms with van der Waals surface area (Å²) in [6.45, 7) is 0. The number of alkyl halides is 3. The Kier molecular flexibility index (Phi) is 4.21. The summed E-state index contributed by atoms with van der Waals surface area (Å²) in [5.74, 6) is -0.695. The molecule has 1 aromatic heterocycles. The molecule has 0 unspecified atom stereocenters. The van der Waals surface area contributed by atoms with Crippen LogP contribution in [0.5, 0.6) is 11.5 Å². The van der Waals surface area contributed by atoms with Gasteiger partial charge in [0.05, 0.1) is 17.2 Å². The maximum absolute atomic E-state index is 13.0. The molecule has 1 aromatic carbocycles. The topological polar surface area (TPSA) is 58.8 Å². The number of nitriles is 1. The number of rotatable bonds is 2. The predicted octanol–water partition coefficient (Wildman–Crippen LogP) is 4.47. The van der Waals surface area contributed by atoms with Crippen LogP contribution in [-0.4, -0.2) is 10.2 Å². The van der Waals surface area contributed by atoms with Gasteiger partial charge in [0.25, 0.3) is 0 Å². The molecular formula is C12H4Cl2F3N3O. The van der Waals surface area contributed by atoms with Crippen LogP contribution in [0.25, 0.3) is 0 Å². The molecule has 4 nitrogen and oxygen atoms in total. The minimum absolute atomic E-state index is 0.0865. The third-order valence-electron chi connectivity index (χ3n) is 2.32. The van der Waals surface area contributed by atoms with Gasteiger partial charge in [-0.2, -0.15) is 18.4 Å². The standard InChI is InChI=1S/C12H4Cl2F3N3O/c13-10-4-9(11(14)20-19-10)21-8-2-1-6(5-18)3-7(8)12(15,16)17/h1-4H. The van der Waals surface area contributed by atoms with E-state index in [2.05, 4.69) is 10.2 Å². The van der Waals surface area contributed by atoms with Crippen molar-refractivity contribution in [1.82, 2.24) is 10.2 Å². The van der Waals surface area contributed by atoms with Crippen molar-refractivity contribution in [3.8, 4) is 17.6 Å². The van der Waals surface area contributed by atoms with Crippen LogP contribution in [0.3, 0.4) is 0 Å². The summed E-state index contributed by atoms with van der Waals surface area (Å²) < 4.78 is 44.0. The van der Waals surface area contributed by atoms with Gasteiger partial charge in [0, 0.05) is 6.07 Å². The van der Waals surface area contributed by atoms with Crippen molar-refractivity contribution in [2.75, 3.05) is 0 Å². The molecule has 0 aliphatic rings. The molecule has 0 aliphatic heterocycles. The van der Waals surface area contributed by atoms with E-state index in [9.17, 15) is 13.2 Å². The maximum atomic E-state index is 13.0. The Morgan fingerprint density at radius 2 is 1.81 bits per heavy atom. The first-order valence-corrected chi connectivity index (χ1v) is 6.05. The molecule has 0 atom stereocenters. The van der Waals surface area contributed by atoms with Crippen LogP contribution < -0.4 is 4.74 Å². The summed E-state index contributed by atoms with van der Waals surface area (Å²) in [6, 6.07) is 5.65. The van der Waals surface area contributed by atoms with Gasteiger partial charge >= 0.3 is 6.18 Å². The zero-order valence-electron chi connectivity index (χ0n) is 9.95. The molecule has 0 radical (unpaired) electrons. The van der Waals surface area contributed by atoms with Gasteiger partial charge in [0.15, 0.2) is 16.1 Å². The second-order valence-electron chi connectivity index (χ2n) is 3.74. The van der Waals surface area contributed by atoms with Crippen molar-refractivity contribution in [3.05, 3.63) is 45.7 Å². The van der Waals surface area contributed by atoms with Gasteiger partial charge in [-0.3, -0.25) is 0 Å². The number of hydrogen-bond acceptors (Lipinski definition) is 4. The fourth-order valence-corrected chi connectivity index (χ4v) is 1.71. The average Bonchev–Trinajstić information content (AvgIpc) is 2.42. The second-order valence-corrected chi connectivity index (χ2v) is 4.49. The summed E-state index contributed by atoms with van der Waals surface area (Å²) in [6.07, 6.45) is -4.70. The molecule has 0 amide bonds. The van der Waals surface area contributed by atoms with Crippen LogP contribution in [0.15, 0.2) is 24.3 Å². The Labute approximate surface area is 126 Å². The fraction of sp³-hybridized carbons (Fsp3) is 0.0833. The molecule has 0 aliphatic carbocycles. The third-order valence-corrected chi connectivity index (χ3v) is 2.77. The lowest BCUT2D eigenvalue weighted by molar-refractivity contribution is -0.138. The van der Waals surface area contributed by atoms with Gasteiger partial charge in [-0.05, 0) is 18.2 Å². The van der Waals surface area contributed by atoms with E-state index in [0.717, 1.165) is 12.1 Å². The first-order valence-electron chi connectivity index (χ1n) is 5.29. The van der Waals surface area contributed by atoms with E-state index in [4.69, 9.17) is 33.2 Å². The number of aromatic nitrogens is 2. The van der Waals surface area contributed by atoms with E-state index in [0.29, 0.717) is 6.07 Å². The molecule has 0 N–H and O–H groups in total. The molecule has 0 saturated carbocycles. The van der Waals surface area contributed by atoms with Gasteiger partial charge in [0.2, 0.25) is 0 Å². The molecule has 108 valence electrons. The molecule has 2 aromatic rings. The molecule has 2 rings (SSSR count). The van der Waals surface area contributed by atoms with Crippen molar-refractivity contribution in [1.29, 1.82) is 5.26 Å². The second kappa shape index (κ2) is 5.76.